The number of amides is 2. The molecule has 0 spiro atoms. The van der Waals surface area contributed by atoms with Gasteiger partial charge in [-0.3, -0.25) is 0 Å². The molecule has 0 saturated heterocycles. The number of halogens is 1. The highest BCUT2D eigenvalue weighted by atomic mass is 35.5. The first-order valence-electron chi connectivity index (χ1n) is 8.00. The summed E-state index contributed by atoms with van der Waals surface area (Å²) in [5.41, 5.74) is 2.15. The molecule has 140 valence electrons. The summed E-state index contributed by atoms with van der Waals surface area (Å²) in [5.74, 6) is 0. The van der Waals surface area contributed by atoms with Crippen LogP contribution in [0.1, 0.15) is 40.0 Å². The summed E-state index contributed by atoms with van der Waals surface area (Å²) in [6.45, 7) is 5.91. The summed E-state index contributed by atoms with van der Waals surface area (Å²) in [7, 11) is -4.11. The number of carbonyl (C=O) groups is 1. The highest BCUT2D eigenvalue weighted by Gasteiger charge is 2.40. The van der Waals surface area contributed by atoms with E-state index in [2.05, 4.69) is 16.6 Å². The predicted molar refractivity (Wildman–Crippen MR) is 99.1 cm³/mol. The fourth-order valence-electron chi connectivity index (χ4n) is 3.40. The maximum Gasteiger partial charge on any atom is 0.349 e. The number of nitrogens with zero attached hydrogens (tertiary/aromatic N) is 2. The quantitative estimate of drug-likeness (QED) is 0.762. The zero-order chi connectivity index (χ0) is 19.6. The van der Waals surface area contributed by atoms with E-state index in [9.17, 15) is 18.5 Å². The van der Waals surface area contributed by atoms with Gasteiger partial charge in [-0.25, -0.2) is 23.4 Å². The lowest BCUT2D eigenvalue weighted by Crippen LogP contribution is -2.39. The van der Waals surface area contributed by atoms with Gasteiger partial charge in [-0.1, -0.05) is 37.6 Å². The Morgan fingerprint density at radius 1 is 1.27 bits per heavy atom. The number of nitriles is 1. The van der Waals surface area contributed by atoms with Crippen LogP contribution in [-0.4, -0.2) is 20.2 Å². The molecule has 0 heterocycles. The highest BCUT2D eigenvalue weighted by Crippen LogP contribution is 2.44. The third-order valence-corrected chi connectivity index (χ3v) is 5.92. The number of hydrazone groups is 1. The van der Waals surface area contributed by atoms with Gasteiger partial charge in [-0.2, -0.15) is 10.4 Å². The minimum Gasteiger partial charge on any atom is -0.246 e. The Hall–Kier alpha value is -2.11. The van der Waals surface area contributed by atoms with E-state index in [0.717, 1.165) is 6.42 Å². The molecule has 1 aliphatic carbocycles. The third kappa shape index (κ3) is 4.96. The molecule has 0 aromatic heterocycles. The van der Waals surface area contributed by atoms with Crippen molar-refractivity contribution in [3.63, 3.8) is 0 Å². The van der Waals surface area contributed by atoms with E-state index < -0.39 is 21.5 Å². The molecule has 1 atom stereocenters. The van der Waals surface area contributed by atoms with Crippen molar-refractivity contribution < 1.29 is 13.2 Å². The molecule has 9 heteroatoms. The van der Waals surface area contributed by atoms with Crippen molar-refractivity contribution in [1.82, 2.24) is 10.1 Å². The van der Waals surface area contributed by atoms with E-state index >= 15 is 0 Å². The van der Waals surface area contributed by atoms with Gasteiger partial charge in [0.2, 0.25) is 0 Å². The maximum atomic E-state index is 12.2. The fraction of sp³-hybridized carbons (Fsp3) is 0.471. The van der Waals surface area contributed by atoms with E-state index in [1.807, 2.05) is 25.5 Å². The lowest BCUT2D eigenvalue weighted by Gasteiger charge is -2.39. The van der Waals surface area contributed by atoms with Gasteiger partial charge in [0.25, 0.3) is 10.0 Å². The van der Waals surface area contributed by atoms with E-state index in [-0.39, 0.29) is 15.3 Å². The molecule has 1 fully saturated rings. The van der Waals surface area contributed by atoms with Gasteiger partial charge in [-0.05, 0) is 37.3 Å². The average Bonchev–Trinajstić information content (AvgIpc) is 2.51. The van der Waals surface area contributed by atoms with Crippen molar-refractivity contribution in [2.24, 2.45) is 15.9 Å². The molecule has 2 N–H and O–H groups in total. The van der Waals surface area contributed by atoms with Gasteiger partial charge in [0.05, 0.1) is 16.5 Å². The molecule has 0 bridgehead atoms. The molecule has 1 saturated carbocycles. The summed E-state index contributed by atoms with van der Waals surface area (Å²) in [6, 6.07) is 7.12. The number of nitrogens with one attached hydrogen (secondary N) is 2. The fourth-order valence-corrected chi connectivity index (χ4v) is 4.82. The molecule has 2 rings (SSSR count). The molecule has 1 aromatic carbocycles. The first-order valence-corrected chi connectivity index (χ1v) is 9.87. The number of urea groups is 1. The molecule has 0 aliphatic heterocycles. The van der Waals surface area contributed by atoms with Crippen LogP contribution in [0.5, 0.6) is 0 Å². The SMILES string of the molecule is CC1(C)C/C(=N/NC(=O)NS(=O)(=O)c2ccccc2Cl)CC(C)(C#N)C1. The predicted octanol–water partition coefficient (Wildman–Crippen LogP) is 3.42. The average molecular weight is 397 g/mol. The number of hydrogen-bond donors (Lipinski definition) is 2. The van der Waals surface area contributed by atoms with Crippen molar-refractivity contribution in [2.45, 2.75) is 44.9 Å². The van der Waals surface area contributed by atoms with Gasteiger partial charge in [-0.15, -0.1) is 0 Å². The van der Waals surface area contributed by atoms with Gasteiger partial charge in [0, 0.05) is 12.1 Å². The molecule has 1 unspecified atom stereocenters. The van der Waals surface area contributed by atoms with Crippen molar-refractivity contribution in [3.8, 4) is 6.07 Å². The summed E-state index contributed by atoms with van der Waals surface area (Å²) >= 11 is 5.86. The second kappa shape index (κ2) is 7.25. The number of benzene rings is 1. The Bertz CT molecular complexity index is 890. The molecular formula is C17H21ClN4O3S. The summed E-state index contributed by atoms with van der Waals surface area (Å²) < 4.78 is 26.3. The van der Waals surface area contributed by atoms with Crippen LogP contribution in [0.2, 0.25) is 5.02 Å². The van der Waals surface area contributed by atoms with E-state index in [4.69, 9.17) is 11.6 Å². The zero-order valence-corrected chi connectivity index (χ0v) is 16.4. The minimum atomic E-state index is -4.11. The molecule has 7 nitrogen and oxygen atoms in total. The van der Waals surface area contributed by atoms with Crippen LogP contribution in [0.4, 0.5) is 4.79 Å². The second-order valence-corrected chi connectivity index (χ2v) is 9.58. The maximum absolute atomic E-state index is 12.2. The minimum absolute atomic E-state index is 0.0120. The Labute approximate surface area is 158 Å². The first-order chi connectivity index (χ1) is 12.0. The highest BCUT2D eigenvalue weighted by molar-refractivity contribution is 7.90. The Balaban J connectivity index is 2.10. The summed E-state index contributed by atoms with van der Waals surface area (Å²) in [4.78, 5) is 11.8. The first kappa shape index (κ1) is 20.2. The number of carbonyl (C=O) groups excluding carboxylic acids is 1. The van der Waals surface area contributed by atoms with E-state index in [1.165, 1.54) is 18.2 Å². The number of sulfonamides is 1. The lowest BCUT2D eigenvalue weighted by atomic mass is 9.64. The van der Waals surface area contributed by atoms with Crippen LogP contribution in [0.3, 0.4) is 0 Å². The van der Waals surface area contributed by atoms with Crippen LogP contribution in [0.25, 0.3) is 0 Å². The number of hydrogen-bond acceptors (Lipinski definition) is 5. The van der Waals surface area contributed by atoms with E-state index in [1.54, 1.807) is 6.07 Å². The molecule has 1 aliphatic rings. The Kier molecular flexibility index (Phi) is 5.64. The third-order valence-electron chi connectivity index (χ3n) is 4.08. The van der Waals surface area contributed by atoms with E-state index in [0.29, 0.717) is 18.6 Å². The second-order valence-electron chi connectivity index (χ2n) is 7.52. The molecule has 1 aromatic rings. The van der Waals surface area contributed by atoms with Crippen molar-refractivity contribution >= 4 is 33.4 Å². The van der Waals surface area contributed by atoms with Gasteiger partial charge in [0.1, 0.15) is 4.90 Å². The topological polar surface area (TPSA) is 111 Å². The summed E-state index contributed by atoms with van der Waals surface area (Å²) in [6.07, 6.45) is 1.76. The normalized spacial score (nSPS) is 23.9. The monoisotopic (exact) mass is 396 g/mol. The van der Waals surface area contributed by atoms with Gasteiger partial charge >= 0.3 is 6.03 Å². The van der Waals surface area contributed by atoms with Gasteiger partial charge < -0.3 is 0 Å². The molecule has 0 radical (unpaired) electrons. The van der Waals surface area contributed by atoms with Crippen molar-refractivity contribution in [1.29, 1.82) is 5.26 Å². The van der Waals surface area contributed by atoms with Crippen LogP contribution in [0, 0.1) is 22.2 Å². The number of rotatable bonds is 3. The van der Waals surface area contributed by atoms with Crippen LogP contribution >= 0.6 is 11.6 Å². The van der Waals surface area contributed by atoms with Crippen LogP contribution < -0.4 is 10.1 Å². The summed E-state index contributed by atoms with van der Waals surface area (Å²) in [5, 5.41) is 13.4. The molecule has 26 heavy (non-hydrogen) atoms. The Morgan fingerprint density at radius 2 is 1.92 bits per heavy atom. The zero-order valence-electron chi connectivity index (χ0n) is 14.8. The van der Waals surface area contributed by atoms with Crippen molar-refractivity contribution in [3.05, 3.63) is 29.3 Å². The standard InChI is InChI=1S/C17H21ClN4O3S/c1-16(2)8-12(9-17(3,10-16)11-19)20-21-15(23)22-26(24,25)14-7-5-4-6-13(14)18/h4-7H,8-10H2,1-3H3,(H2,21,22,23)/b20-12-. The smallest absolute Gasteiger partial charge is 0.246 e. The van der Waals surface area contributed by atoms with Crippen LogP contribution in [-0.2, 0) is 10.0 Å². The Morgan fingerprint density at radius 3 is 2.54 bits per heavy atom. The van der Waals surface area contributed by atoms with Crippen LogP contribution in [0.15, 0.2) is 34.3 Å². The lowest BCUT2D eigenvalue weighted by molar-refractivity contribution is 0.213. The van der Waals surface area contributed by atoms with Crippen molar-refractivity contribution in [2.75, 3.05) is 0 Å². The largest absolute Gasteiger partial charge is 0.349 e. The molecule has 2 amide bonds. The van der Waals surface area contributed by atoms with Gasteiger partial charge in [0.15, 0.2) is 0 Å². The molecular weight excluding hydrogens is 376 g/mol.